The topological polar surface area (TPSA) is 75.5 Å². The molecule has 22 heavy (non-hydrogen) atoms. The number of hydrogen-bond donors (Lipinski definition) is 1. The van der Waals surface area contributed by atoms with Gasteiger partial charge in [0.15, 0.2) is 0 Å². The van der Waals surface area contributed by atoms with Crippen LogP contribution in [0.5, 0.6) is 11.6 Å². The highest BCUT2D eigenvalue weighted by Gasteiger charge is 2.25. The number of nitrogens with zero attached hydrogens (tertiary/aromatic N) is 3. The van der Waals surface area contributed by atoms with Gasteiger partial charge in [-0.15, -0.1) is 0 Å². The van der Waals surface area contributed by atoms with E-state index in [0.29, 0.717) is 37.8 Å². The molecule has 0 atom stereocenters. The number of anilines is 1. The van der Waals surface area contributed by atoms with Gasteiger partial charge in [0.1, 0.15) is 5.75 Å². The molecule has 1 fully saturated rings. The largest absolute Gasteiger partial charge is 0.481 e. The Kier molecular flexibility index (Phi) is 4.18. The van der Waals surface area contributed by atoms with Crippen LogP contribution in [-0.2, 0) is 4.79 Å². The van der Waals surface area contributed by atoms with Gasteiger partial charge in [-0.05, 0) is 25.0 Å². The van der Waals surface area contributed by atoms with Crippen molar-refractivity contribution in [2.24, 2.45) is 5.92 Å². The summed E-state index contributed by atoms with van der Waals surface area (Å²) < 4.78 is 5.70. The summed E-state index contributed by atoms with van der Waals surface area (Å²) in [6, 6.07) is 11.1. The van der Waals surface area contributed by atoms with Crippen LogP contribution in [0, 0.1) is 5.92 Å². The first-order chi connectivity index (χ1) is 10.7. The van der Waals surface area contributed by atoms with E-state index in [0.717, 1.165) is 5.75 Å². The molecule has 0 saturated carbocycles. The lowest BCUT2D eigenvalue weighted by atomic mass is 9.97. The standard InChI is InChI=1S/C16H17N3O3/c20-15(21)12-7-10-19(11-8-12)16-17-9-6-14(18-16)22-13-4-2-1-3-5-13/h1-6,9,12H,7-8,10-11H2,(H,20,21). The van der Waals surface area contributed by atoms with Crippen LogP contribution >= 0.6 is 0 Å². The fraction of sp³-hybridized carbons (Fsp3) is 0.312. The molecule has 2 aromatic rings. The minimum Gasteiger partial charge on any atom is -0.481 e. The van der Waals surface area contributed by atoms with Crippen LogP contribution in [0.1, 0.15) is 12.8 Å². The summed E-state index contributed by atoms with van der Waals surface area (Å²) in [5, 5.41) is 9.03. The van der Waals surface area contributed by atoms with Crippen molar-refractivity contribution in [3.05, 3.63) is 42.6 Å². The number of ether oxygens (including phenoxy) is 1. The van der Waals surface area contributed by atoms with Crippen molar-refractivity contribution in [3.8, 4) is 11.6 Å². The van der Waals surface area contributed by atoms with Gasteiger partial charge < -0.3 is 14.7 Å². The lowest BCUT2D eigenvalue weighted by Crippen LogP contribution is -2.37. The number of benzene rings is 1. The normalized spacial score (nSPS) is 15.5. The maximum atomic E-state index is 11.0. The van der Waals surface area contributed by atoms with Crippen molar-refractivity contribution in [3.63, 3.8) is 0 Å². The van der Waals surface area contributed by atoms with Gasteiger partial charge in [-0.2, -0.15) is 4.98 Å². The predicted molar refractivity (Wildman–Crippen MR) is 81.1 cm³/mol. The van der Waals surface area contributed by atoms with E-state index < -0.39 is 5.97 Å². The minimum absolute atomic E-state index is 0.264. The molecule has 1 N–H and O–H groups in total. The SMILES string of the molecule is O=C(O)C1CCN(c2nccc(Oc3ccccc3)n2)CC1. The Morgan fingerprint density at radius 2 is 1.91 bits per heavy atom. The number of piperidine rings is 1. The van der Waals surface area contributed by atoms with Crippen LogP contribution in [0.4, 0.5) is 5.95 Å². The molecule has 1 aromatic carbocycles. The molecule has 0 bridgehead atoms. The van der Waals surface area contributed by atoms with Gasteiger partial charge >= 0.3 is 5.97 Å². The van der Waals surface area contributed by atoms with Gasteiger partial charge in [0.25, 0.3) is 0 Å². The fourth-order valence-electron chi connectivity index (χ4n) is 2.48. The van der Waals surface area contributed by atoms with Crippen molar-refractivity contribution < 1.29 is 14.6 Å². The molecule has 0 spiro atoms. The first kappa shape index (κ1) is 14.3. The van der Waals surface area contributed by atoms with Gasteiger partial charge in [0.05, 0.1) is 5.92 Å². The molecule has 0 aliphatic carbocycles. The summed E-state index contributed by atoms with van der Waals surface area (Å²) in [5.41, 5.74) is 0. The number of carboxylic acids is 1. The summed E-state index contributed by atoms with van der Waals surface area (Å²) in [7, 11) is 0. The molecule has 2 heterocycles. The average Bonchev–Trinajstić information content (AvgIpc) is 2.56. The van der Waals surface area contributed by atoms with Gasteiger partial charge in [-0.3, -0.25) is 4.79 Å². The summed E-state index contributed by atoms with van der Waals surface area (Å²) in [5.74, 6) is 0.798. The first-order valence-corrected chi connectivity index (χ1v) is 7.26. The molecule has 0 radical (unpaired) electrons. The highest BCUT2D eigenvalue weighted by Crippen LogP contribution is 2.24. The monoisotopic (exact) mass is 299 g/mol. The summed E-state index contributed by atoms with van der Waals surface area (Å²) in [6.45, 7) is 1.29. The maximum absolute atomic E-state index is 11.0. The molecule has 3 rings (SSSR count). The van der Waals surface area contributed by atoms with Crippen molar-refractivity contribution >= 4 is 11.9 Å². The van der Waals surface area contributed by atoms with E-state index in [2.05, 4.69) is 9.97 Å². The smallest absolute Gasteiger partial charge is 0.306 e. The number of carbonyl (C=O) groups is 1. The second-order valence-electron chi connectivity index (χ2n) is 5.21. The Bertz CT molecular complexity index is 640. The Morgan fingerprint density at radius 1 is 1.18 bits per heavy atom. The number of aliphatic carboxylic acids is 1. The molecular weight excluding hydrogens is 282 g/mol. The zero-order valence-corrected chi connectivity index (χ0v) is 12.1. The number of aromatic nitrogens is 2. The predicted octanol–water partition coefficient (Wildman–Crippen LogP) is 2.57. The maximum Gasteiger partial charge on any atom is 0.306 e. The molecule has 114 valence electrons. The summed E-state index contributed by atoms with van der Waals surface area (Å²) in [4.78, 5) is 21.7. The summed E-state index contributed by atoms with van der Waals surface area (Å²) in [6.07, 6.45) is 2.88. The van der Waals surface area contributed by atoms with Crippen molar-refractivity contribution in [1.82, 2.24) is 9.97 Å². The number of hydrogen-bond acceptors (Lipinski definition) is 5. The molecule has 1 saturated heterocycles. The highest BCUT2D eigenvalue weighted by molar-refractivity contribution is 5.70. The van der Waals surface area contributed by atoms with Gasteiger partial charge in [0, 0.05) is 25.4 Å². The lowest BCUT2D eigenvalue weighted by Gasteiger charge is -2.30. The molecule has 1 aliphatic heterocycles. The van der Waals surface area contributed by atoms with E-state index >= 15 is 0 Å². The molecule has 0 amide bonds. The lowest BCUT2D eigenvalue weighted by molar-refractivity contribution is -0.142. The molecule has 6 nitrogen and oxygen atoms in total. The molecule has 6 heteroatoms. The molecule has 0 unspecified atom stereocenters. The van der Waals surface area contributed by atoms with Crippen LogP contribution in [0.2, 0.25) is 0 Å². The molecule has 1 aliphatic rings. The highest BCUT2D eigenvalue weighted by atomic mass is 16.5. The van der Waals surface area contributed by atoms with Crippen molar-refractivity contribution in [1.29, 1.82) is 0 Å². The first-order valence-electron chi connectivity index (χ1n) is 7.26. The Balaban J connectivity index is 1.68. The Morgan fingerprint density at radius 3 is 2.59 bits per heavy atom. The minimum atomic E-state index is -0.721. The van der Waals surface area contributed by atoms with Gasteiger partial charge in [0.2, 0.25) is 11.8 Å². The third-order valence-electron chi connectivity index (χ3n) is 3.71. The van der Waals surface area contributed by atoms with Gasteiger partial charge in [-0.1, -0.05) is 18.2 Å². The molecule has 1 aromatic heterocycles. The van der Waals surface area contributed by atoms with E-state index in [1.165, 1.54) is 0 Å². The van der Waals surface area contributed by atoms with Crippen LogP contribution < -0.4 is 9.64 Å². The second-order valence-corrected chi connectivity index (χ2v) is 5.21. The van der Waals surface area contributed by atoms with Crippen LogP contribution in [0.15, 0.2) is 42.6 Å². The van der Waals surface area contributed by atoms with E-state index in [9.17, 15) is 4.79 Å². The van der Waals surface area contributed by atoms with E-state index in [1.807, 2.05) is 35.2 Å². The van der Waals surface area contributed by atoms with E-state index in [4.69, 9.17) is 9.84 Å². The zero-order chi connectivity index (χ0) is 15.4. The number of carboxylic acid groups (broad SMARTS) is 1. The fourth-order valence-corrected chi connectivity index (χ4v) is 2.48. The van der Waals surface area contributed by atoms with Crippen molar-refractivity contribution in [2.75, 3.05) is 18.0 Å². The van der Waals surface area contributed by atoms with Crippen molar-refractivity contribution in [2.45, 2.75) is 12.8 Å². The summed E-state index contributed by atoms with van der Waals surface area (Å²) >= 11 is 0. The number of rotatable bonds is 4. The third-order valence-corrected chi connectivity index (χ3v) is 3.71. The number of para-hydroxylation sites is 1. The second kappa shape index (κ2) is 6.43. The van der Waals surface area contributed by atoms with Crippen LogP contribution in [-0.4, -0.2) is 34.1 Å². The van der Waals surface area contributed by atoms with Crippen LogP contribution in [0.3, 0.4) is 0 Å². The Labute approximate surface area is 128 Å². The zero-order valence-electron chi connectivity index (χ0n) is 12.1. The van der Waals surface area contributed by atoms with Crippen LogP contribution in [0.25, 0.3) is 0 Å². The van der Waals surface area contributed by atoms with Gasteiger partial charge in [-0.25, -0.2) is 4.98 Å². The quantitative estimate of drug-likeness (QED) is 0.935. The third kappa shape index (κ3) is 3.33. The Hall–Kier alpha value is -2.63. The van der Waals surface area contributed by atoms with E-state index in [-0.39, 0.29) is 5.92 Å². The molecular formula is C16H17N3O3. The average molecular weight is 299 g/mol. The van der Waals surface area contributed by atoms with E-state index in [1.54, 1.807) is 12.3 Å².